The van der Waals surface area contributed by atoms with Gasteiger partial charge >= 0.3 is 11.7 Å². The number of hydrogen-bond acceptors (Lipinski definition) is 6. The summed E-state index contributed by atoms with van der Waals surface area (Å²) >= 11 is 0. The Bertz CT molecular complexity index is 772. The molecule has 0 aromatic heterocycles. The lowest BCUT2D eigenvalue weighted by atomic mass is 10.1. The zero-order chi connectivity index (χ0) is 17.7. The first-order valence-electron chi connectivity index (χ1n) is 7.14. The predicted octanol–water partition coefficient (Wildman–Crippen LogP) is 3.20. The highest BCUT2D eigenvalue weighted by Gasteiger charge is 2.19. The van der Waals surface area contributed by atoms with Gasteiger partial charge in [-0.1, -0.05) is 6.07 Å². The summed E-state index contributed by atoms with van der Waals surface area (Å²) in [6.45, 7) is 3.54. The van der Waals surface area contributed by atoms with E-state index in [0.29, 0.717) is 11.5 Å². The Labute approximate surface area is 138 Å². The van der Waals surface area contributed by atoms with Crippen molar-refractivity contribution >= 4 is 11.7 Å². The number of aryl methyl sites for hydroxylation is 2. The van der Waals surface area contributed by atoms with Gasteiger partial charge in [0.1, 0.15) is 11.5 Å². The quantitative estimate of drug-likeness (QED) is 0.349. The van der Waals surface area contributed by atoms with E-state index in [4.69, 9.17) is 14.2 Å². The summed E-state index contributed by atoms with van der Waals surface area (Å²) in [5.41, 5.74) is 1.79. The van der Waals surface area contributed by atoms with Crippen LogP contribution in [0.25, 0.3) is 0 Å². The minimum atomic E-state index is -0.735. The van der Waals surface area contributed by atoms with E-state index in [9.17, 15) is 14.9 Å². The summed E-state index contributed by atoms with van der Waals surface area (Å²) in [6, 6.07) is 9.39. The Kier molecular flexibility index (Phi) is 5.36. The van der Waals surface area contributed by atoms with E-state index in [1.54, 1.807) is 12.1 Å². The first-order valence-corrected chi connectivity index (χ1v) is 7.14. The Morgan fingerprint density at radius 2 is 1.79 bits per heavy atom. The Morgan fingerprint density at radius 1 is 1.08 bits per heavy atom. The zero-order valence-corrected chi connectivity index (χ0v) is 13.6. The standard InChI is InChI=1S/C17H17NO6/c1-11-4-5-14(8-12(11)2)23-10-17(19)24-16-7-6-13(22-3)9-15(16)18(20)21/h4-9H,10H2,1-3H3. The number of ether oxygens (including phenoxy) is 3. The van der Waals surface area contributed by atoms with Crippen LogP contribution in [0.3, 0.4) is 0 Å². The van der Waals surface area contributed by atoms with Crippen molar-refractivity contribution in [1.82, 2.24) is 0 Å². The summed E-state index contributed by atoms with van der Waals surface area (Å²) in [5.74, 6) is -0.0665. The van der Waals surface area contributed by atoms with E-state index in [0.717, 1.165) is 11.1 Å². The molecule has 24 heavy (non-hydrogen) atoms. The molecule has 0 aliphatic heterocycles. The Morgan fingerprint density at radius 3 is 2.42 bits per heavy atom. The maximum absolute atomic E-state index is 11.9. The molecule has 0 saturated heterocycles. The van der Waals surface area contributed by atoms with Crippen molar-refractivity contribution in [1.29, 1.82) is 0 Å². The second-order valence-corrected chi connectivity index (χ2v) is 5.10. The van der Waals surface area contributed by atoms with Crippen LogP contribution >= 0.6 is 0 Å². The van der Waals surface area contributed by atoms with Crippen LogP contribution in [-0.2, 0) is 4.79 Å². The van der Waals surface area contributed by atoms with E-state index in [2.05, 4.69) is 0 Å². The molecule has 0 radical (unpaired) electrons. The van der Waals surface area contributed by atoms with Crippen LogP contribution in [0.15, 0.2) is 36.4 Å². The number of benzene rings is 2. The van der Waals surface area contributed by atoms with E-state index in [1.165, 1.54) is 25.3 Å². The molecule has 0 saturated carbocycles. The summed E-state index contributed by atoms with van der Waals surface area (Å²) in [4.78, 5) is 22.3. The van der Waals surface area contributed by atoms with Gasteiger partial charge in [-0.05, 0) is 49.2 Å². The number of nitro groups is 1. The highest BCUT2D eigenvalue weighted by molar-refractivity contribution is 5.75. The van der Waals surface area contributed by atoms with Crippen LogP contribution in [0.5, 0.6) is 17.2 Å². The second kappa shape index (κ2) is 7.45. The van der Waals surface area contributed by atoms with Crippen LogP contribution < -0.4 is 14.2 Å². The Hall–Kier alpha value is -3.09. The van der Waals surface area contributed by atoms with Gasteiger partial charge in [-0.25, -0.2) is 4.79 Å². The van der Waals surface area contributed by atoms with Crippen molar-refractivity contribution in [3.8, 4) is 17.2 Å². The molecule has 0 aliphatic carbocycles. The number of rotatable bonds is 6. The number of esters is 1. The summed E-state index contributed by atoms with van der Waals surface area (Å²) in [5, 5.41) is 11.0. The summed E-state index contributed by atoms with van der Waals surface area (Å²) in [7, 11) is 1.39. The second-order valence-electron chi connectivity index (χ2n) is 5.10. The SMILES string of the molecule is COc1ccc(OC(=O)COc2ccc(C)c(C)c2)c([N+](=O)[O-])c1. The van der Waals surface area contributed by atoms with Crippen molar-refractivity contribution in [2.75, 3.05) is 13.7 Å². The average Bonchev–Trinajstić information content (AvgIpc) is 2.56. The van der Waals surface area contributed by atoms with Gasteiger partial charge in [0.2, 0.25) is 5.75 Å². The molecule has 2 aromatic rings. The summed E-state index contributed by atoms with van der Waals surface area (Å²) < 4.78 is 15.3. The number of methoxy groups -OCH3 is 1. The van der Waals surface area contributed by atoms with Gasteiger partial charge in [-0.2, -0.15) is 0 Å². The minimum Gasteiger partial charge on any atom is -0.496 e. The molecule has 0 spiro atoms. The summed E-state index contributed by atoms with van der Waals surface area (Å²) in [6.07, 6.45) is 0. The normalized spacial score (nSPS) is 10.1. The van der Waals surface area contributed by atoms with Gasteiger partial charge in [0, 0.05) is 0 Å². The Balaban J connectivity index is 2.04. The van der Waals surface area contributed by atoms with Crippen LogP contribution in [0.1, 0.15) is 11.1 Å². The molecular weight excluding hydrogens is 314 g/mol. The first-order chi connectivity index (χ1) is 11.4. The van der Waals surface area contributed by atoms with Gasteiger partial charge < -0.3 is 14.2 Å². The van der Waals surface area contributed by atoms with Gasteiger partial charge in [-0.3, -0.25) is 10.1 Å². The fourth-order valence-electron chi connectivity index (χ4n) is 1.95. The van der Waals surface area contributed by atoms with Gasteiger partial charge in [0.15, 0.2) is 6.61 Å². The lowest BCUT2D eigenvalue weighted by Gasteiger charge is -2.09. The highest BCUT2D eigenvalue weighted by atomic mass is 16.6. The smallest absolute Gasteiger partial charge is 0.349 e. The molecule has 0 N–H and O–H groups in total. The van der Waals surface area contributed by atoms with Crippen molar-refractivity contribution < 1.29 is 23.9 Å². The monoisotopic (exact) mass is 331 g/mol. The average molecular weight is 331 g/mol. The van der Waals surface area contributed by atoms with Gasteiger partial charge in [0.25, 0.3) is 0 Å². The molecular formula is C17H17NO6. The number of carbonyl (C=O) groups excluding carboxylic acids is 1. The molecule has 0 aliphatic rings. The molecule has 0 atom stereocenters. The number of nitro benzene ring substituents is 1. The maximum atomic E-state index is 11.9. The van der Waals surface area contributed by atoms with E-state index in [-0.39, 0.29) is 18.0 Å². The largest absolute Gasteiger partial charge is 0.496 e. The molecule has 0 unspecified atom stereocenters. The molecule has 2 aromatic carbocycles. The third-order valence-corrected chi connectivity index (χ3v) is 3.42. The fraction of sp³-hybridized carbons (Fsp3) is 0.235. The maximum Gasteiger partial charge on any atom is 0.349 e. The molecule has 7 nitrogen and oxygen atoms in total. The fourth-order valence-corrected chi connectivity index (χ4v) is 1.95. The van der Waals surface area contributed by atoms with Crippen LogP contribution in [0, 0.1) is 24.0 Å². The lowest BCUT2D eigenvalue weighted by Crippen LogP contribution is -2.18. The third-order valence-electron chi connectivity index (χ3n) is 3.42. The molecule has 0 bridgehead atoms. The van der Waals surface area contributed by atoms with Crippen molar-refractivity contribution in [2.45, 2.75) is 13.8 Å². The van der Waals surface area contributed by atoms with Crippen LogP contribution in [0.4, 0.5) is 5.69 Å². The third kappa shape index (κ3) is 4.22. The van der Waals surface area contributed by atoms with E-state index < -0.39 is 10.9 Å². The molecule has 0 fully saturated rings. The first kappa shape index (κ1) is 17.3. The van der Waals surface area contributed by atoms with Crippen molar-refractivity contribution in [3.05, 3.63) is 57.6 Å². The van der Waals surface area contributed by atoms with Crippen molar-refractivity contribution in [3.63, 3.8) is 0 Å². The molecule has 126 valence electrons. The van der Waals surface area contributed by atoms with E-state index in [1.807, 2.05) is 19.9 Å². The predicted molar refractivity (Wildman–Crippen MR) is 86.7 cm³/mol. The van der Waals surface area contributed by atoms with Crippen LogP contribution in [-0.4, -0.2) is 24.6 Å². The zero-order valence-electron chi connectivity index (χ0n) is 13.6. The highest BCUT2D eigenvalue weighted by Crippen LogP contribution is 2.31. The van der Waals surface area contributed by atoms with Crippen molar-refractivity contribution in [2.24, 2.45) is 0 Å². The number of carbonyl (C=O) groups is 1. The van der Waals surface area contributed by atoms with Gasteiger partial charge in [-0.15, -0.1) is 0 Å². The van der Waals surface area contributed by atoms with E-state index >= 15 is 0 Å². The minimum absolute atomic E-state index is 0.158. The number of nitrogens with zero attached hydrogens (tertiary/aromatic N) is 1. The molecule has 2 rings (SSSR count). The van der Waals surface area contributed by atoms with Gasteiger partial charge in [0.05, 0.1) is 18.1 Å². The molecule has 7 heteroatoms. The lowest BCUT2D eigenvalue weighted by molar-refractivity contribution is -0.385. The molecule has 0 amide bonds. The molecule has 0 heterocycles. The topological polar surface area (TPSA) is 87.9 Å². The number of hydrogen-bond donors (Lipinski definition) is 0. The van der Waals surface area contributed by atoms with Crippen LogP contribution in [0.2, 0.25) is 0 Å².